The van der Waals surface area contributed by atoms with Crippen molar-refractivity contribution in [3.8, 4) is 0 Å². The summed E-state index contributed by atoms with van der Waals surface area (Å²) in [6.45, 7) is 5.80. The molecule has 1 N–H and O–H groups in total. The van der Waals surface area contributed by atoms with Crippen molar-refractivity contribution in [1.29, 1.82) is 0 Å². The molecular formula is C22H23N3O. The fraction of sp³-hybridized carbons (Fsp3) is 0.227. The van der Waals surface area contributed by atoms with Crippen molar-refractivity contribution in [3.63, 3.8) is 0 Å². The van der Waals surface area contributed by atoms with Crippen molar-refractivity contribution in [2.45, 2.75) is 32.9 Å². The van der Waals surface area contributed by atoms with Crippen LogP contribution >= 0.6 is 0 Å². The molecule has 0 atom stereocenters. The molecule has 2 aromatic heterocycles. The van der Waals surface area contributed by atoms with Gasteiger partial charge in [-0.15, -0.1) is 0 Å². The number of rotatable bonds is 6. The first-order chi connectivity index (χ1) is 12.7. The van der Waals surface area contributed by atoms with Crippen LogP contribution in [0, 0.1) is 0 Å². The molecule has 132 valence electrons. The molecule has 4 nitrogen and oxygen atoms in total. The number of nitrogens with one attached hydrogen (secondary N) is 1. The van der Waals surface area contributed by atoms with Crippen molar-refractivity contribution >= 4 is 17.0 Å². The fourth-order valence-corrected chi connectivity index (χ4v) is 3.15. The number of furan rings is 1. The second kappa shape index (κ2) is 7.08. The van der Waals surface area contributed by atoms with Gasteiger partial charge in [0.1, 0.15) is 5.76 Å². The van der Waals surface area contributed by atoms with Gasteiger partial charge in [-0.3, -0.25) is 0 Å². The van der Waals surface area contributed by atoms with E-state index in [4.69, 9.17) is 9.40 Å². The molecular weight excluding hydrogens is 322 g/mol. The molecule has 26 heavy (non-hydrogen) atoms. The maximum Gasteiger partial charge on any atom is 0.204 e. The van der Waals surface area contributed by atoms with E-state index >= 15 is 0 Å². The fourth-order valence-electron chi connectivity index (χ4n) is 3.15. The van der Waals surface area contributed by atoms with Crippen molar-refractivity contribution in [2.75, 3.05) is 5.32 Å². The lowest BCUT2D eigenvalue weighted by Gasteiger charge is -2.11. The first-order valence-corrected chi connectivity index (χ1v) is 9.01. The van der Waals surface area contributed by atoms with E-state index in [0.717, 1.165) is 29.3 Å². The second-order valence-electron chi connectivity index (χ2n) is 6.84. The van der Waals surface area contributed by atoms with Crippen molar-refractivity contribution in [2.24, 2.45) is 0 Å². The summed E-state index contributed by atoms with van der Waals surface area (Å²) in [5.41, 5.74) is 4.72. The molecule has 0 bridgehead atoms. The maximum absolute atomic E-state index is 5.44. The molecule has 4 rings (SSSR count). The van der Waals surface area contributed by atoms with Crippen molar-refractivity contribution in [3.05, 3.63) is 83.8 Å². The van der Waals surface area contributed by atoms with E-state index in [1.54, 1.807) is 6.26 Å². The number of hydrogen-bond donors (Lipinski definition) is 1. The zero-order chi connectivity index (χ0) is 17.9. The van der Waals surface area contributed by atoms with Gasteiger partial charge in [-0.25, -0.2) is 4.98 Å². The Morgan fingerprint density at radius 2 is 1.88 bits per heavy atom. The van der Waals surface area contributed by atoms with Crippen LogP contribution in [0.1, 0.15) is 36.7 Å². The first-order valence-electron chi connectivity index (χ1n) is 9.01. The van der Waals surface area contributed by atoms with Crippen LogP contribution in [0.4, 0.5) is 5.95 Å². The monoisotopic (exact) mass is 345 g/mol. The van der Waals surface area contributed by atoms with Crippen molar-refractivity contribution in [1.82, 2.24) is 9.55 Å². The molecule has 0 fully saturated rings. The summed E-state index contributed by atoms with van der Waals surface area (Å²) in [6, 6.07) is 20.9. The first kappa shape index (κ1) is 16.5. The van der Waals surface area contributed by atoms with E-state index in [9.17, 15) is 0 Å². The van der Waals surface area contributed by atoms with E-state index in [-0.39, 0.29) is 0 Å². The number of imidazole rings is 1. The third kappa shape index (κ3) is 3.36. The van der Waals surface area contributed by atoms with Crippen LogP contribution in [0.2, 0.25) is 0 Å². The summed E-state index contributed by atoms with van der Waals surface area (Å²) >= 11 is 0. The van der Waals surface area contributed by atoms with E-state index < -0.39 is 0 Å². The Morgan fingerprint density at radius 1 is 1.04 bits per heavy atom. The van der Waals surface area contributed by atoms with Crippen LogP contribution in [0.5, 0.6) is 0 Å². The Hall–Kier alpha value is -3.01. The molecule has 4 aromatic rings. The number of aromatic nitrogens is 2. The quantitative estimate of drug-likeness (QED) is 0.508. The van der Waals surface area contributed by atoms with Gasteiger partial charge in [-0.2, -0.15) is 0 Å². The van der Waals surface area contributed by atoms with Gasteiger partial charge in [0, 0.05) is 0 Å². The molecule has 0 aliphatic rings. The highest BCUT2D eigenvalue weighted by molar-refractivity contribution is 5.79. The molecule has 4 heteroatoms. The van der Waals surface area contributed by atoms with Crippen LogP contribution in [-0.4, -0.2) is 9.55 Å². The molecule has 0 amide bonds. The lowest BCUT2D eigenvalue weighted by Crippen LogP contribution is -2.08. The largest absolute Gasteiger partial charge is 0.467 e. The summed E-state index contributed by atoms with van der Waals surface area (Å²) in [5, 5.41) is 3.43. The molecule has 2 aromatic carbocycles. The van der Waals surface area contributed by atoms with Gasteiger partial charge >= 0.3 is 0 Å². The summed E-state index contributed by atoms with van der Waals surface area (Å²) in [5.74, 6) is 2.24. The SMILES string of the molecule is CC(C)c1ccc2c(c1)nc(NCc1ccco1)n2Cc1ccccc1. The third-order valence-electron chi connectivity index (χ3n) is 4.62. The summed E-state index contributed by atoms with van der Waals surface area (Å²) in [6.07, 6.45) is 1.69. The molecule has 0 aliphatic carbocycles. The Kier molecular flexibility index (Phi) is 4.48. The lowest BCUT2D eigenvalue weighted by atomic mass is 10.0. The average Bonchev–Trinajstić information content (AvgIpc) is 3.28. The Bertz CT molecular complexity index is 985. The van der Waals surface area contributed by atoms with Crippen molar-refractivity contribution < 1.29 is 4.42 Å². The van der Waals surface area contributed by atoms with Crippen LogP contribution in [0.25, 0.3) is 11.0 Å². The Labute approximate surface area is 153 Å². The van der Waals surface area contributed by atoms with E-state index in [1.807, 2.05) is 18.2 Å². The Morgan fingerprint density at radius 3 is 2.62 bits per heavy atom. The molecule has 2 heterocycles. The summed E-state index contributed by atoms with van der Waals surface area (Å²) < 4.78 is 7.67. The summed E-state index contributed by atoms with van der Waals surface area (Å²) in [4.78, 5) is 4.86. The predicted octanol–water partition coefficient (Wildman–Crippen LogP) is 5.41. The second-order valence-corrected chi connectivity index (χ2v) is 6.84. The van der Waals surface area contributed by atoms with Crippen LogP contribution < -0.4 is 5.32 Å². The van der Waals surface area contributed by atoms with Gasteiger partial charge in [0.05, 0.1) is 30.4 Å². The minimum Gasteiger partial charge on any atom is -0.467 e. The molecule has 0 spiro atoms. The number of fused-ring (bicyclic) bond motifs is 1. The van der Waals surface area contributed by atoms with Gasteiger partial charge < -0.3 is 14.3 Å². The van der Waals surface area contributed by atoms with Crippen LogP contribution in [-0.2, 0) is 13.1 Å². The standard InChI is InChI=1S/C22H23N3O/c1-16(2)18-10-11-21-20(13-18)24-22(23-14-19-9-6-12-26-19)25(21)15-17-7-4-3-5-8-17/h3-13,16H,14-15H2,1-2H3,(H,23,24). The maximum atomic E-state index is 5.44. The zero-order valence-corrected chi connectivity index (χ0v) is 15.1. The normalized spacial score (nSPS) is 11.3. The number of benzene rings is 2. The molecule has 0 radical (unpaired) electrons. The Balaban J connectivity index is 1.72. The predicted molar refractivity (Wildman–Crippen MR) is 105 cm³/mol. The highest BCUT2D eigenvalue weighted by Gasteiger charge is 2.13. The minimum atomic E-state index is 0.484. The van der Waals surface area contributed by atoms with Crippen LogP contribution in [0.3, 0.4) is 0 Å². The minimum absolute atomic E-state index is 0.484. The highest BCUT2D eigenvalue weighted by Crippen LogP contribution is 2.25. The van der Waals surface area contributed by atoms with Gasteiger partial charge in [-0.1, -0.05) is 50.2 Å². The topological polar surface area (TPSA) is 43.0 Å². The average molecular weight is 345 g/mol. The smallest absolute Gasteiger partial charge is 0.204 e. The molecule has 0 aliphatic heterocycles. The lowest BCUT2D eigenvalue weighted by molar-refractivity contribution is 0.517. The number of nitrogens with zero attached hydrogens (tertiary/aromatic N) is 2. The number of hydrogen-bond acceptors (Lipinski definition) is 3. The summed E-state index contributed by atoms with van der Waals surface area (Å²) in [7, 11) is 0. The van der Waals surface area contributed by atoms with Gasteiger partial charge in [0.2, 0.25) is 5.95 Å². The molecule has 0 unspecified atom stereocenters. The highest BCUT2D eigenvalue weighted by atomic mass is 16.3. The zero-order valence-electron chi connectivity index (χ0n) is 15.1. The van der Waals surface area contributed by atoms with Gasteiger partial charge in [0.15, 0.2) is 0 Å². The molecule has 0 saturated carbocycles. The van der Waals surface area contributed by atoms with Gasteiger partial charge in [-0.05, 0) is 41.3 Å². The molecule has 0 saturated heterocycles. The van der Waals surface area contributed by atoms with E-state index in [0.29, 0.717) is 12.5 Å². The van der Waals surface area contributed by atoms with Crippen LogP contribution in [0.15, 0.2) is 71.3 Å². The van der Waals surface area contributed by atoms with E-state index in [1.165, 1.54) is 11.1 Å². The van der Waals surface area contributed by atoms with E-state index in [2.05, 4.69) is 66.2 Å². The van der Waals surface area contributed by atoms with Gasteiger partial charge in [0.25, 0.3) is 0 Å². The third-order valence-corrected chi connectivity index (χ3v) is 4.62. The number of anilines is 1.